The van der Waals surface area contributed by atoms with Crippen molar-refractivity contribution in [3.05, 3.63) is 69.8 Å². The minimum atomic E-state index is -0.444. The molecule has 26 heavy (non-hydrogen) atoms. The molecule has 0 saturated heterocycles. The molecule has 1 aliphatic carbocycles. The summed E-state index contributed by atoms with van der Waals surface area (Å²) in [6.45, 7) is 2.57. The summed E-state index contributed by atoms with van der Waals surface area (Å²) in [6, 6.07) is 14.9. The topological polar surface area (TPSA) is 84.3 Å². The van der Waals surface area contributed by atoms with Gasteiger partial charge in [0.15, 0.2) is 0 Å². The van der Waals surface area contributed by atoms with Gasteiger partial charge in [0.2, 0.25) is 0 Å². The molecular formula is C20H23N3O3. The van der Waals surface area contributed by atoms with Crippen LogP contribution in [0.15, 0.2) is 48.5 Å². The van der Waals surface area contributed by atoms with Crippen LogP contribution in [-0.4, -0.2) is 23.4 Å². The summed E-state index contributed by atoms with van der Waals surface area (Å²) >= 11 is 0. The van der Waals surface area contributed by atoms with Gasteiger partial charge in [-0.15, -0.1) is 0 Å². The predicted octanol–water partition coefficient (Wildman–Crippen LogP) is 4.09. The molecule has 0 aromatic heterocycles. The van der Waals surface area contributed by atoms with Crippen LogP contribution in [0.5, 0.6) is 0 Å². The fourth-order valence-corrected chi connectivity index (χ4v) is 2.93. The number of nitro benzene ring substituents is 1. The van der Waals surface area contributed by atoms with Gasteiger partial charge in [-0.1, -0.05) is 37.3 Å². The van der Waals surface area contributed by atoms with Gasteiger partial charge in [0.25, 0.3) is 11.6 Å². The number of rotatable bonds is 8. The molecule has 136 valence electrons. The maximum absolute atomic E-state index is 12.5. The monoisotopic (exact) mass is 353 g/mol. The molecule has 1 amide bonds. The van der Waals surface area contributed by atoms with Crippen LogP contribution < -0.4 is 10.6 Å². The fraction of sp³-hybridized carbons (Fsp3) is 0.350. The highest BCUT2D eigenvalue weighted by Crippen LogP contribution is 2.31. The van der Waals surface area contributed by atoms with Gasteiger partial charge in [0, 0.05) is 30.1 Å². The standard InChI is InChI=1S/C20H23N3O3/c1-2-14(15-6-4-3-5-7-15)13-21-20(24)16-8-11-18(22-17-9-10-17)19(12-16)23(25)26/h3-8,11-12,14,17,22H,2,9-10,13H2,1H3,(H,21,24). The van der Waals surface area contributed by atoms with Crippen LogP contribution in [0.1, 0.15) is 48.0 Å². The lowest BCUT2D eigenvalue weighted by Gasteiger charge is -2.16. The zero-order valence-corrected chi connectivity index (χ0v) is 14.8. The minimum absolute atomic E-state index is 0.0559. The van der Waals surface area contributed by atoms with Crippen LogP contribution in [0, 0.1) is 10.1 Å². The SMILES string of the molecule is CCC(CNC(=O)c1ccc(NC2CC2)c([N+](=O)[O-])c1)c1ccccc1. The molecule has 6 nitrogen and oxygen atoms in total. The number of carbonyl (C=O) groups excluding carboxylic acids is 1. The molecule has 2 aromatic carbocycles. The average molecular weight is 353 g/mol. The Morgan fingerprint density at radius 2 is 1.96 bits per heavy atom. The van der Waals surface area contributed by atoms with Gasteiger partial charge in [-0.3, -0.25) is 14.9 Å². The number of amides is 1. The number of carbonyl (C=O) groups is 1. The summed E-state index contributed by atoms with van der Waals surface area (Å²) in [6.07, 6.45) is 2.95. The molecule has 6 heteroatoms. The fourth-order valence-electron chi connectivity index (χ4n) is 2.93. The Labute approximate surface area is 152 Å². The van der Waals surface area contributed by atoms with Crippen molar-refractivity contribution in [2.75, 3.05) is 11.9 Å². The molecule has 0 radical (unpaired) electrons. The molecule has 1 atom stereocenters. The van der Waals surface area contributed by atoms with E-state index in [1.54, 1.807) is 12.1 Å². The number of anilines is 1. The third-order valence-corrected chi connectivity index (χ3v) is 4.67. The summed E-state index contributed by atoms with van der Waals surface area (Å²) in [4.78, 5) is 23.3. The van der Waals surface area contributed by atoms with E-state index in [0.717, 1.165) is 19.3 Å². The molecule has 3 rings (SSSR count). The molecule has 0 heterocycles. The van der Waals surface area contributed by atoms with Gasteiger partial charge in [-0.2, -0.15) is 0 Å². The lowest BCUT2D eigenvalue weighted by molar-refractivity contribution is -0.384. The largest absolute Gasteiger partial charge is 0.377 e. The summed E-state index contributed by atoms with van der Waals surface area (Å²) in [5.74, 6) is -0.0774. The number of hydrogen-bond donors (Lipinski definition) is 2. The van der Waals surface area contributed by atoms with Crippen LogP contribution in [0.3, 0.4) is 0 Å². The highest BCUT2D eigenvalue weighted by Gasteiger charge is 2.25. The average Bonchev–Trinajstić information content (AvgIpc) is 3.47. The first-order valence-electron chi connectivity index (χ1n) is 8.96. The number of hydrogen-bond acceptors (Lipinski definition) is 4. The van der Waals surface area contributed by atoms with Crippen LogP contribution in [-0.2, 0) is 0 Å². The highest BCUT2D eigenvalue weighted by molar-refractivity contribution is 5.95. The van der Waals surface area contributed by atoms with E-state index < -0.39 is 4.92 Å². The maximum atomic E-state index is 12.5. The molecule has 0 spiro atoms. The Kier molecular flexibility index (Phi) is 5.51. The first-order chi connectivity index (χ1) is 12.6. The van der Waals surface area contributed by atoms with Crippen molar-refractivity contribution in [3.8, 4) is 0 Å². The van der Waals surface area contributed by atoms with E-state index in [0.29, 0.717) is 23.8 Å². The van der Waals surface area contributed by atoms with Crippen LogP contribution in [0.4, 0.5) is 11.4 Å². The second kappa shape index (κ2) is 7.99. The molecule has 1 saturated carbocycles. The van der Waals surface area contributed by atoms with E-state index in [4.69, 9.17) is 0 Å². The minimum Gasteiger partial charge on any atom is -0.377 e. The maximum Gasteiger partial charge on any atom is 0.293 e. The molecule has 0 bridgehead atoms. The highest BCUT2D eigenvalue weighted by atomic mass is 16.6. The van der Waals surface area contributed by atoms with Crippen molar-refractivity contribution in [2.45, 2.75) is 38.1 Å². The summed E-state index contributed by atoms with van der Waals surface area (Å²) < 4.78 is 0. The Morgan fingerprint density at radius 1 is 1.23 bits per heavy atom. The Hall–Kier alpha value is -2.89. The van der Waals surface area contributed by atoms with Crippen molar-refractivity contribution in [1.29, 1.82) is 0 Å². The van der Waals surface area contributed by atoms with E-state index in [1.165, 1.54) is 11.6 Å². The summed E-state index contributed by atoms with van der Waals surface area (Å²) in [5, 5.41) is 17.4. The van der Waals surface area contributed by atoms with Gasteiger partial charge < -0.3 is 10.6 Å². The normalized spacial score (nSPS) is 14.5. The third-order valence-electron chi connectivity index (χ3n) is 4.67. The van der Waals surface area contributed by atoms with Gasteiger partial charge in [0.1, 0.15) is 5.69 Å². The van der Waals surface area contributed by atoms with Crippen molar-refractivity contribution in [3.63, 3.8) is 0 Å². The third kappa shape index (κ3) is 4.39. The molecule has 2 N–H and O–H groups in total. The molecule has 1 unspecified atom stereocenters. The molecule has 1 fully saturated rings. The molecule has 0 aliphatic heterocycles. The van der Waals surface area contributed by atoms with E-state index in [1.807, 2.05) is 30.3 Å². The molecular weight excluding hydrogens is 330 g/mol. The van der Waals surface area contributed by atoms with Crippen LogP contribution >= 0.6 is 0 Å². The van der Waals surface area contributed by atoms with Gasteiger partial charge in [0.05, 0.1) is 4.92 Å². The van der Waals surface area contributed by atoms with Crippen LogP contribution in [0.2, 0.25) is 0 Å². The van der Waals surface area contributed by atoms with Crippen molar-refractivity contribution in [1.82, 2.24) is 5.32 Å². The van der Waals surface area contributed by atoms with Crippen molar-refractivity contribution in [2.24, 2.45) is 0 Å². The first kappa shape index (κ1) is 17.9. The summed E-state index contributed by atoms with van der Waals surface area (Å²) in [7, 11) is 0. The van der Waals surface area contributed by atoms with Crippen LogP contribution in [0.25, 0.3) is 0 Å². The molecule has 2 aromatic rings. The number of nitrogens with one attached hydrogen (secondary N) is 2. The van der Waals surface area contributed by atoms with E-state index in [9.17, 15) is 14.9 Å². The van der Waals surface area contributed by atoms with E-state index in [2.05, 4.69) is 17.6 Å². The first-order valence-corrected chi connectivity index (χ1v) is 8.96. The Bertz CT molecular complexity index is 788. The predicted molar refractivity (Wildman–Crippen MR) is 102 cm³/mol. The molecule has 1 aliphatic rings. The van der Waals surface area contributed by atoms with Gasteiger partial charge >= 0.3 is 0 Å². The van der Waals surface area contributed by atoms with Crippen molar-refractivity contribution < 1.29 is 9.72 Å². The Morgan fingerprint density at radius 3 is 2.58 bits per heavy atom. The van der Waals surface area contributed by atoms with E-state index >= 15 is 0 Å². The zero-order valence-electron chi connectivity index (χ0n) is 14.8. The number of nitro groups is 1. The zero-order chi connectivity index (χ0) is 18.5. The summed E-state index contributed by atoms with van der Waals surface area (Å²) in [5.41, 5.74) is 1.90. The number of nitrogens with zero attached hydrogens (tertiary/aromatic N) is 1. The number of benzene rings is 2. The quantitative estimate of drug-likeness (QED) is 0.553. The second-order valence-electron chi connectivity index (χ2n) is 6.63. The van der Waals surface area contributed by atoms with Gasteiger partial charge in [-0.25, -0.2) is 0 Å². The van der Waals surface area contributed by atoms with Gasteiger partial charge in [-0.05, 0) is 37.0 Å². The van der Waals surface area contributed by atoms with E-state index in [-0.39, 0.29) is 17.5 Å². The van der Waals surface area contributed by atoms with Crippen molar-refractivity contribution >= 4 is 17.3 Å². The lowest BCUT2D eigenvalue weighted by atomic mass is 9.96. The lowest BCUT2D eigenvalue weighted by Crippen LogP contribution is -2.28. The Balaban J connectivity index is 1.68. The second-order valence-corrected chi connectivity index (χ2v) is 6.63. The smallest absolute Gasteiger partial charge is 0.293 e.